The van der Waals surface area contributed by atoms with Crippen LogP contribution in [0.1, 0.15) is 16.7 Å². The Kier molecular flexibility index (Phi) is 9.35. The zero-order chi connectivity index (χ0) is 25.9. The number of hydrogen-bond donors (Lipinski definition) is 0. The molecular weight excluding hydrogens is 475 g/mol. The molecule has 0 bridgehead atoms. The molecule has 4 rings (SSSR count). The van der Waals surface area contributed by atoms with Crippen LogP contribution in [0, 0.1) is 5.82 Å². The molecule has 0 amide bonds. The molecule has 0 aromatic heterocycles. The van der Waals surface area contributed by atoms with E-state index in [1.54, 1.807) is 18.2 Å². The minimum Gasteiger partial charge on any atom is -0.460 e. The van der Waals surface area contributed by atoms with E-state index in [0.717, 1.165) is 11.1 Å². The number of carbonyl (C=O) groups excluding carboxylic acids is 2. The summed E-state index contributed by atoms with van der Waals surface area (Å²) in [5.41, 5.74) is 2.52. The largest absolute Gasteiger partial charge is 0.460 e. The molecule has 0 N–H and O–H groups in total. The molecule has 1 heterocycles. The van der Waals surface area contributed by atoms with Crippen LogP contribution < -0.4 is 0 Å². The molecule has 7 heteroatoms. The highest BCUT2D eigenvalue weighted by Gasteiger charge is 2.36. The van der Waals surface area contributed by atoms with E-state index in [-0.39, 0.29) is 19.0 Å². The number of hydrogen-bond acceptors (Lipinski definition) is 6. The minimum atomic E-state index is -0.834. The maximum Gasteiger partial charge on any atom is 0.330 e. The first-order valence-electron chi connectivity index (χ1n) is 11.9. The quantitative estimate of drug-likeness (QED) is 0.270. The van der Waals surface area contributed by atoms with Gasteiger partial charge in [0.2, 0.25) is 0 Å². The Morgan fingerprint density at radius 1 is 0.919 bits per heavy atom. The van der Waals surface area contributed by atoms with Crippen molar-refractivity contribution in [1.82, 2.24) is 0 Å². The Balaban J connectivity index is 1.44. The molecule has 1 aliphatic rings. The van der Waals surface area contributed by atoms with Gasteiger partial charge in [-0.25, -0.2) is 14.0 Å². The molecule has 0 unspecified atom stereocenters. The second-order valence-corrected chi connectivity index (χ2v) is 8.37. The smallest absolute Gasteiger partial charge is 0.330 e. The number of benzene rings is 3. The standard InChI is InChI=1S/C30H27FO6/c31-25-14-11-22(12-15-25)13-17-28(32)36-21-27(35-20-24-9-5-2-6-10-24)30-26(16-18-29(33)37-30)34-19-23-7-3-1-4-8-23/h1-18,26-27,30H,19-21H2/b17-13+/t26-,27-,30+/m1/s1. The number of cyclic esters (lactones) is 1. The highest BCUT2D eigenvalue weighted by molar-refractivity contribution is 5.87. The van der Waals surface area contributed by atoms with E-state index < -0.39 is 30.3 Å². The van der Waals surface area contributed by atoms with Gasteiger partial charge in [0.25, 0.3) is 0 Å². The van der Waals surface area contributed by atoms with Gasteiger partial charge in [0.1, 0.15) is 24.6 Å². The average molecular weight is 503 g/mol. The zero-order valence-corrected chi connectivity index (χ0v) is 20.1. The van der Waals surface area contributed by atoms with Crippen LogP contribution in [0.5, 0.6) is 0 Å². The number of halogens is 1. The second kappa shape index (κ2) is 13.3. The van der Waals surface area contributed by atoms with Crippen molar-refractivity contribution in [3.8, 4) is 0 Å². The van der Waals surface area contributed by atoms with E-state index in [4.69, 9.17) is 18.9 Å². The number of ether oxygens (including phenoxy) is 4. The van der Waals surface area contributed by atoms with Crippen molar-refractivity contribution in [2.75, 3.05) is 6.61 Å². The Morgan fingerprint density at radius 2 is 1.57 bits per heavy atom. The predicted molar refractivity (Wildman–Crippen MR) is 135 cm³/mol. The lowest BCUT2D eigenvalue weighted by atomic mass is 10.0. The van der Waals surface area contributed by atoms with Crippen LogP contribution in [0.25, 0.3) is 6.08 Å². The highest BCUT2D eigenvalue weighted by Crippen LogP contribution is 2.21. The van der Waals surface area contributed by atoms with Gasteiger partial charge in [0, 0.05) is 12.2 Å². The van der Waals surface area contributed by atoms with Crippen molar-refractivity contribution in [3.63, 3.8) is 0 Å². The summed E-state index contributed by atoms with van der Waals surface area (Å²) >= 11 is 0. The van der Waals surface area contributed by atoms with Gasteiger partial charge in [-0.1, -0.05) is 72.8 Å². The average Bonchev–Trinajstić information content (AvgIpc) is 2.93. The fourth-order valence-corrected chi connectivity index (χ4v) is 3.69. The summed E-state index contributed by atoms with van der Waals surface area (Å²) < 4.78 is 36.3. The number of carbonyl (C=O) groups is 2. The molecular formula is C30H27FO6. The molecule has 0 saturated carbocycles. The first kappa shape index (κ1) is 26.0. The van der Waals surface area contributed by atoms with Gasteiger partial charge in [-0.3, -0.25) is 0 Å². The molecule has 0 radical (unpaired) electrons. The van der Waals surface area contributed by atoms with Gasteiger partial charge in [-0.15, -0.1) is 0 Å². The summed E-state index contributed by atoms with van der Waals surface area (Å²) in [6, 6.07) is 24.8. The lowest BCUT2D eigenvalue weighted by molar-refractivity contribution is -0.177. The van der Waals surface area contributed by atoms with Crippen LogP contribution in [0.2, 0.25) is 0 Å². The second-order valence-electron chi connectivity index (χ2n) is 8.37. The van der Waals surface area contributed by atoms with Crippen LogP contribution in [0.4, 0.5) is 4.39 Å². The topological polar surface area (TPSA) is 71.1 Å². The fraction of sp³-hybridized carbons (Fsp3) is 0.200. The van der Waals surface area contributed by atoms with Crippen LogP contribution in [-0.2, 0) is 41.8 Å². The van der Waals surface area contributed by atoms with Crippen LogP contribution in [-0.4, -0.2) is 36.9 Å². The van der Waals surface area contributed by atoms with E-state index >= 15 is 0 Å². The highest BCUT2D eigenvalue weighted by atomic mass is 19.1. The molecule has 1 aliphatic heterocycles. The molecule has 3 atom stereocenters. The Morgan fingerprint density at radius 3 is 2.24 bits per heavy atom. The Bertz CT molecular complexity index is 1210. The van der Waals surface area contributed by atoms with E-state index in [9.17, 15) is 14.0 Å². The van der Waals surface area contributed by atoms with Crippen LogP contribution >= 0.6 is 0 Å². The molecule has 37 heavy (non-hydrogen) atoms. The lowest BCUT2D eigenvalue weighted by Gasteiger charge is -2.33. The summed E-state index contributed by atoms with van der Waals surface area (Å²) in [5.74, 6) is -1.50. The maximum absolute atomic E-state index is 13.1. The SMILES string of the molecule is O=C1C=C[C@@H](OCc2ccccc2)[C@@H]([C@@H](COC(=O)/C=C/c2ccc(F)cc2)OCc2ccccc2)O1. The molecule has 3 aromatic carbocycles. The van der Waals surface area contributed by atoms with Gasteiger partial charge in [0.05, 0.1) is 13.2 Å². The minimum absolute atomic E-state index is 0.170. The molecule has 0 aliphatic carbocycles. The van der Waals surface area contributed by atoms with Gasteiger partial charge in [-0.2, -0.15) is 0 Å². The third kappa shape index (κ3) is 8.24. The van der Waals surface area contributed by atoms with Crippen molar-refractivity contribution in [2.24, 2.45) is 0 Å². The van der Waals surface area contributed by atoms with Gasteiger partial charge >= 0.3 is 11.9 Å². The molecule has 0 fully saturated rings. The van der Waals surface area contributed by atoms with Crippen molar-refractivity contribution in [2.45, 2.75) is 31.5 Å². The van der Waals surface area contributed by atoms with Gasteiger partial charge < -0.3 is 18.9 Å². The summed E-state index contributed by atoms with van der Waals surface area (Å²) in [5, 5.41) is 0. The fourth-order valence-electron chi connectivity index (χ4n) is 3.69. The Labute approximate surface area is 214 Å². The third-order valence-electron chi connectivity index (χ3n) is 5.63. The van der Waals surface area contributed by atoms with Crippen LogP contribution in [0.3, 0.4) is 0 Å². The van der Waals surface area contributed by atoms with Gasteiger partial charge in [0.15, 0.2) is 6.10 Å². The van der Waals surface area contributed by atoms with Crippen molar-refractivity contribution >= 4 is 18.0 Å². The monoisotopic (exact) mass is 502 g/mol. The summed E-state index contributed by atoms with van der Waals surface area (Å²) in [6.45, 7) is 0.351. The Hall–Kier alpha value is -4.07. The van der Waals surface area contributed by atoms with E-state index in [0.29, 0.717) is 12.2 Å². The van der Waals surface area contributed by atoms with Crippen LogP contribution in [0.15, 0.2) is 103 Å². The third-order valence-corrected chi connectivity index (χ3v) is 5.63. The van der Waals surface area contributed by atoms with Crippen molar-refractivity contribution in [1.29, 1.82) is 0 Å². The normalized spacial score (nSPS) is 17.9. The summed E-state index contributed by atoms with van der Waals surface area (Å²) in [6.07, 6.45) is 3.49. The van der Waals surface area contributed by atoms with E-state index in [1.807, 2.05) is 60.7 Å². The number of rotatable bonds is 11. The zero-order valence-electron chi connectivity index (χ0n) is 20.1. The lowest BCUT2D eigenvalue weighted by Crippen LogP contribution is -2.47. The van der Waals surface area contributed by atoms with E-state index in [2.05, 4.69) is 0 Å². The maximum atomic E-state index is 13.1. The first-order chi connectivity index (χ1) is 18.1. The predicted octanol–water partition coefficient (Wildman–Crippen LogP) is 5.03. The van der Waals surface area contributed by atoms with Crippen molar-refractivity contribution in [3.05, 3.63) is 126 Å². The molecule has 0 saturated heterocycles. The first-order valence-corrected chi connectivity index (χ1v) is 11.9. The van der Waals surface area contributed by atoms with Crippen molar-refractivity contribution < 1.29 is 32.9 Å². The molecule has 3 aromatic rings. The molecule has 0 spiro atoms. The molecule has 6 nitrogen and oxygen atoms in total. The summed E-state index contributed by atoms with van der Waals surface area (Å²) in [4.78, 5) is 24.5. The molecule has 190 valence electrons. The number of esters is 2. The summed E-state index contributed by atoms with van der Waals surface area (Å²) in [7, 11) is 0. The van der Waals surface area contributed by atoms with E-state index in [1.165, 1.54) is 30.4 Å². The van der Waals surface area contributed by atoms with Gasteiger partial charge in [-0.05, 0) is 41.0 Å².